The number of nitrogens with zero attached hydrogens (tertiary/aromatic N) is 2. The van der Waals surface area contributed by atoms with E-state index < -0.39 is 16.6 Å². The Kier molecular flexibility index (Phi) is 2.53. The Labute approximate surface area is 76.7 Å². The first-order valence-corrected chi connectivity index (χ1v) is 3.66. The van der Waals surface area contributed by atoms with Crippen LogP contribution in [0.3, 0.4) is 0 Å². The van der Waals surface area contributed by atoms with Gasteiger partial charge in [0.25, 0.3) is 11.8 Å². The lowest BCUT2D eigenvalue weighted by Crippen LogP contribution is -2.03. The van der Waals surface area contributed by atoms with E-state index in [-0.39, 0.29) is 5.89 Å². The second-order valence-electron chi connectivity index (χ2n) is 2.13. The molecule has 0 aliphatic rings. The van der Waals surface area contributed by atoms with Crippen LogP contribution in [0.4, 0.5) is 8.78 Å². The Morgan fingerprint density at radius 1 is 1.42 bits per heavy atom. The van der Waals surface area contributed by atoms with Gasteiger partial charge in [-0.15, -0.1) is 10.2 Å². The highest BCUT2D eigenvalue weighted by Crippen LogP contribution is 2.32. The molecule has 0 N–H and O–H groups in total. The largest absolute Gasteiger partial charge is 0.416 e. The van der Waals surface area contributed by atoms with E-state index >= 15 is 0 Å². The normalized spacial score (nSPS) is 12.5. The standard InChI is InChI=1S/C5H4Cl2F2N2O/c1-5(6,7)4-11-10-3(12-4)2(8)9/h2H,1H3. The molecule has 0 unspecified atom stereocenters. The molecule has 0 saturated carbocycles. The third kappa shape index (κ3) is 2.04. The van der Waals surface area contributed by atoms with Crippen LogP contribution in [0.25, 0.3) is 0 Å². The Morgan fingerprint density at radius 3 is 2.25 bits per heavy atom. The van der Waals surface area contributed by atoms with Crippen molar-refractivity contribution in [2.24, 2.45) is 0 Å². The Bertz CT molecular complexity index is 271. The van der Waals surface area contributed by atoms with Gasteiger partial charge in [-0.05, 0) is 6.92 Å². The summed E-state index contributed by atoms with van der Waals surface area (Å²) < 4.78 is 26.8. The van der Waals surface area contributed by atoms with Crippen molar-refractivity contribution < 1.29 is 13.2 Å². The predicted octanol–water partition coefficient (Wildman–Crippen LogP) is 2.66. The van der Waals surface area contributed by atoms with Gasteiger partial charge in [0.15, 0.2) is 4.33 Å². The SMILES string of the molecule is CC(Cl)(Cl)c1nnc(C(F)F)o1. The van der Waals surface area contributed by atoms with Gasteiger partial charge in [-0.3, -0.25) is 0 Å². The van der Waals surface area contributed by atoms with Crippen LogP contribution in [0.15, 0.2) is 4.42 Å². The van der Waals surface area contributed by atoms with E-state index in [0.717, 1.165) is 0 Å². The fourth-order valence-electron chi connectivity index (χ4n) is 0.500. The fourth-order valence-corrected chi connectivity index (χ4v) is 0.653. The van der Waals surface area contributed by atoms with Crippen LogP contribution in [0.5, 0.6) is 0 Å². The second-order valence-corrected chi connectivity index (χ2v) is 3.84. The number of hydrogen-bond donors (Lipinski definition) is 0. The Morgan fingerprint density at radius 2 is 2.00 bits per heavy atom. The summed E-state index contributed by atoms with van der Waals surface area (Å²) in [6, 6.07) is 0. The van der Waals surface area contributed by atoms with Crippen molar-refractivity contribution in [3.63, 3.8) is 0 Å². The van der Waals surface area contributed by atoms with Crippen LogP contribution in [-0.2, 0) is 4.33 Å². The number of alkyl halides is 4. The molecule has 0 fully saturated rings. The van der Waals surface area contributed by atoms with Gasteiger partial charge in [0.2, 0.25) is 0 Å². The summed E-state index contributed by atoms with van der Waals surface area (Å²) in [7, 11) is 0. The number of hydrogen-bond acceptors (Lipinski definition) is 3. The molecule has 1 aromatic heterocycles. The summed E-state index contributed by atoms with van der Waals surface area (Å²) in [6.45, 7) is 1.35. The molecule has 0 radical (unpaired) electrons. The van der Waals surface area contributed by atoms with E-state index in [1.54, 1.807) is 0 Å². The third-order valence-electron chi connectivity index (χ3n) is 1.00. The van der Waals surface area contributed by atoms with Crippen molar-refractivity contribution in [3.05, 3.63) is 11.8 Å². The maximum atomic E-state index is 11.9. The van der Waals surface area contributed by atoms with Gasteiger partial charge in [0.05, 0.1) is 0 Å². The minimum Gasteiger partial charge on any atom is -0.416 e. The molecule has 0 bridgehead atoms. The summed E-state index contributed by atoms with van der Waals surface area (Å²) in [4.78, 5) is 0. The van der Waals surface area contributed by atoms with E-state index in [0.29, 0.717) is 0 Å². The molecule has 3 nitrogen and oxygen atoms in total. The lowest BCUT2D eigenvalue weighted by Gasteiger charge is -2.04. The van der Waals surface area contributed by atoms with Crippen LogP contribution < -0.4 is 0 Å². The fraction of sp³-hybridized carbons (Fsp3) is 0.600. The molecule has 0 saturated heterocycles. The van der Waals surface area contributed by atoms with Crippen molar-refractivity contribution in [2.75, 3.05) is 0 Å². The first-order valence-electron chi connectivity index (χ1n) is 2.91. The van der Waals surface area contributed by atoms with Gasteiger partial charge in [-0.25, -0.2) is 0 Å². The minimum absolute atomic E-state index is 0.235. The molecule has 0 aliphatic carbocycles. The van der Waals surface area contributed by atoms with E-state index in [1.165, 1.54) is 6.92 Å². The lowest BCUT2D eigenvalue weighted by atomic mass is 10.5. The zero-order valence-corrected chi connectivity index (χ0v) is 7.40. The van der Waals surface area contributed by atoms with Gasteiger partial charge < -0.3 is 4.42 Å². The molecule has 1 aromatic rings. The number of rotatable bonds is 2. The highest BCUT2D eigenvalue weighted by molar-refractivity contribution is 6.47. The molecular formula is C5H4Cl2F2N2O. The number of halogens is 4. The van der Waals surface area contributed by atoms with Crippen LogP contribution in [0.1, 0.15) is 25.1 Å². The first-order chi connectivity index (χ1) is 5.41. The second kappa shape index (κ2) is 3.14. The van der Waals surface area contributed by atoms with E-state index in [4.69, 9.17) is 23.2 Å². The summed E-state index contributed by atoms with van der Waals surface area (Å²) >= 11 is 11.0. The Balaban J connectivity index is 2.92. The first kappa shape index (κ1) is 9.67. The third-order valence-corrected chi connectivity index (χ3v) is 1.33. The van der Waals surface area contributed by atoms with Crippen LogP contribution in [0.2, 0.25) is 0 Å². The highest BCUT2D eigenvalue weighted by atomic mass is 35.5. The van der Waals surface area contributed by atoms with Gasteiger partial charge in [-0.1, -0.05) is 23.2 Å². The van der Waals surface area contributed by atoms with Crippen molar-refractivity contribution in [1.29, 1.82) is 0 Å². The monoisotopic (exact) mass is 216 g/mol. The molecule has 1 rings (SSSR count). The highest BCUT2D eigenvalue weighted by Gasteiger charge is 2.28. The molecule has 1 heterocycles. The smallest absolute Gasteiger partial charge is 0.314 e. The average molecular weight is 217 g/mol. The molecule has 0 aliphatic heterocycles. The van der Waals surface area contributed by atoms with Crippen molar-refractivity contribution in [1.82, 2.24) is 10.2 Å². The molecule has 0 atom stereocenters. The van der Waals surface area contributed by atoms with Crippen LogP contribution in [-0.4, -0.2) is 10.2 Å². The molecular weight excluding hydrogens is 213 g/mol. The summed E-state index contributed by atoms with van der Waals surface area (Å²) in [5.41, 5.74) is 0. The predicted molar refractivity (Wildman–Crippen MR) is 38.3 cm³/mol. The number of aromatic nitrogens is 2. The van der Waals surface area contributed by atoms with Crippen molar-refractivity contribution in [3.8, 4) is 0 Å². The summed E-state index contributed by atoms with van der Waals surface area (Å²) in [5.74, 6) is -1.02. The van der Waals surface area contributed by atoms with E-state index in [2.05, 4.69) is 14.6 Å². The van der Waals surface area contributed by atoms with Crippen LogP contribution in [0, 0.1) is 0 Å². The van der Waals surface area contributed by atoms with Crippen LogP contribution >= 0.6 is 23.2 Å². The summed E-state index contributed by atoms with van der Waals surface area (Å²) in [6.07, 6.45) is -2.80. The van der Waals surface area contributed by atoms with Crippen molar-refractivity contribution in [2.45, 2.75) is 17.7 Å². The topological polar surface area (TPSA) is 38.9 Å². The van der Waals surface area contributed by atoms with Gasteiger partial charge in [0, 0.05) is 0 Å². The molecule has 68 valence electrons. The molecule has 0 amide bonds. The van der Waals surface area contributed by atoms with Crippen molar-refractivity contribution >= 4 is 23.2 Å². The zero-order valence-electron chi connectivity index (χ0n) is 5.89. The molecule has 0 aromatic carbocycles. The molecule has 7 heteroatoms. The quantitative estimate of drug-likeness (QED) is 0.714. The van der Waals surface area contributed by atoms with E-state index in [1.807, 2.05) is 0 Å². The Hall–Kier alpha value is -0.420. The summed E-state index contributed by atoms with van der Waals surface area (Å²) in [5, 5.41) is 6.29. The maximum absolute atomic E-state index is 11.9. The molecule has 0 spiro atoms. The van der Waals surface area contributed by atoms with Gasteiger partial charge in [-0.2, -0.15) is 8.78 Å². The van der Waals surface area contributed by atoms with Gasteiger partial charge >= 0.3 is 6.43 Å². The lowest BCUT2D eigenvalue weighted by molar-refractivity contribution is 0.113. The van der Waals surface area contributed by atoms with Gasteiger partial charge in [0.1, 0.15) is 0 Å². The molecule has 12 heavy (non-hydrogen) atoms. The minimum atomic E-state index is -2.80. The zero-order chi connectivity index (χ0) is 9.35. The maximum Gasteiger partial charge on any atom is 0.314 e. The average Bonchev–Trinajstić information content (AvgIpc) is 2.30. The van der Waals surface area contributed by atoms with E-state index in [9.17, 15) is 8.78 Å².